The molecule has 0 aromatic heterocycles. The Labute approximate surface area is 181 Å². The standard InChI is InChI=1S/C21H25ClN2O3S2/c22-16-6-10-19(11-7-16)28-15-14-21(25)23-17-8-12-20(13-9-17)29(26,27)24-18-4-2-1-3-5-18/h6-13,18,24H,1-5,14-15H2,(H,23,25). The van der Waals surface area contributed by atoms with Crippen molar-refractivity contribution in [2.24, 2.45) is 0 Å². The average Bonchev–Trinajstić information content (AvgIpc) is 2.70. The molecule has 1 amide bonds. The number of nitrogens with one attached hydrogen (secondary N) is 2. The summed E-state index contributed by atoms with van der Waals surface area (Å²) in [5.41, 5.74) is 0.586. The third-order valence-corrected chi connectivity index (χ3v) is 7.59. The molecule has 0 saturated heterocycles. The third-order valence-electron chi connectivity index (χ3n) is 4.79. The molecule has 0 bridgehead atoms. The minimum Gasteiger partial charge on any atom is -0.326 e. The number of sulfonamides is 1. The SMILES string of the molecule is O=C(CCSc1ccc(Cl)cc1)Nc1ccc(S(=O)(=O)NC2CCCCC2)cc1. The molecule has 8 heteroatoms. The van der Waals surface area contributed by atoms with Gasteiger partial charge in [-0.25, -0.2) is 13.1 Å². The van der Waals surface area contributed by atoms with E-state index in [0.717, 1.165) is 30.6 Å². The van der Waals surface area contributed by atoms with Crippen molar-refractivity contribution in [1.82, 2.24) is 4.72 Å². The van der Waals surface area contributed by atoms with Gasteiger partial charge in [-0.05, 0) is 61.4 Å². The smallest absolute Gasteiger partial charge is 0.240 e. The summed E-state index contributed by atoms with van der Waals surface area (Å²) in [6.07, 6.45) is 5.44. The van der Waals surface area contributed by atoms with E-state index in [1.165, 1.54) is 18.6 Å². The van der Waals surface area contributed by atoms with Gasteiger partial charge in [0.1, 0.15) is 0 Å². The van der Waals surface area contributed by atoms with E-state index in [0.29, 0.717) is 22.9 Å². The number of carbonyl (C=O) groups is 1. The van der Waals surface area contributed by atoms with Crippen LogP contribution in [0.5, 0.6) is 0 Å². The number of carbonyl (C=O) groups excluding carboxylic acids is 1. The fraction of sp³-hybridized carbons (Fsp3) is 0.381. The highest BCUT2D eigenvalue weighted by molar-refractivity contribution is 7.99. The quantitative estimate of drug-likeness (QED) is 0.548. The molecule has 5 nitrogen and oxygen atoms in total. The van der Waals surface area contributed by atoms with E-state index < -0.39 is 10.0 Å². The van der Waals surface area contributed by atoms with Crippen molar-refractivity contribution in [3.05, 3.63) is 53.6 Å². The summed E-state index contributed by atoms with van der Waals surface area (Å²) < 4.78 is 27.8. The maximum atomic E-state index is 12.5. The summed E-state index contributed by atoms with van der Waals surface area (Å²) in [5, 5.41) is 3.50. The fourth-order valence-electron chi connectivity index (χ4n) is 3.24. The van der Waals surface area contributed by atoms with Crippen molar-refractivity contribution in [2.75, 3.05) is 11.1 Å². The molecule has 3 rings (SSSR count). The summed E-state index contributed by atoms with van der Waals surface area (Å²) in [4.78, 5) is 13.4. The molecule has 1 aliphatic rings. The number of benzene rings is 2. The summed E-state index contributed by atoms with van der Waals surface area (Å²) in [5.74, 6) is 0.535. The lowest BCUT2D eigenvalue weighted by molar-refractivity contribution is -0.115. The van der Waals surface area contributed by atoms with Gasteiger partial charge in [-0.15, -0.1) is 11.8 Å². The average molecular weight is 453 g/mol. The topological polar surface area (TPSA) is 75.3 Å². The van der Waals surface area contributed by atoms with Crippen LogP contribution in [0.2, 0.25) is 5.02 Å². The Hall–Kier alpha value is -1.54. The second-order valence-electron chi connectivity index (χ2n) is 7.08. The molecule has 0 heterocycles. The molecule has 0 spiro atoms. The molecule has 0 aliphatic heterocycles. The zero-order chi connectivity index (χ0) is 20.7. The molecular weight excluding hydrogens is 428 g/mol. The molecule has 1 fully saturated rings. The predicted molar refractivity (Wildman–Crippen MR) is 119 cm³/mol. The van der Waals surface area contributed by atoms with Crippen LogP contribution >= 0.6 is 23.4 Å². The van der Waals surface area contributed by atoms with Gasteiger partial charge >= 0.3 is 0 Å². The molecule has 2 aromatic rings. The number of halogens is 1. The van der Waals surface area contributed by atoms with Gasteiger partial charge in [-0.3, -0.25) is 4.79 Å². The second-order valence-corrected chi connectivity index (χ2v) is 10.4. The van der Waals surface area contributed by atoms with Gasteiger partial charge in [0.05, 0.1) is 4.90 Å². The molecule has 1 aliphatic carbocycles. The van der Waals surface area contributed by atoms with E-state index >= 15 is 0 Å². The van der Waals surface area contributed by atoms with E-state index in [2.05, 4.69) is 10.0 Å². The third kappa shape index (κ3) is 7.03. The molecule has 29 heavy (non-hydrogen) atoms. The molecule has 0 unspecified atom stereocenters. The zero-order valence-corrected chi connectivity index (χ0v) is 18.5. The van der Waals surface area contributed by atoms with Gasteiger partial charge in [-0.1, -0.05) is 30.9 Å². The lowest BCUT2D eigenvalue weighted by Crippen LogP contribution is -2.36. The maximum Gasteiger partial charge on any atom is 0.240 e. The molecule has 0 radical (unpaired) electrons. The van der Waals surface area contributed by atoms with Gasteiger partial charge in [0.25, 0.3) is 0 Å². The van der Waals surface area contributed by atoms with Crippen LogP contribution in [-0.2, 0) is 14.8 Å². The molecular formula is C21H25ClN2O3S2. The minimum absolute atomic E-state index is 0.0197. The van der Waals surface area contributed by atoms with Crippen LogP contribution in [0.25, 0.3) is 0 Å². The highest BCUT2D eigenvalue weighted by Gasteiger charge is 2.21. The Morgan fingerprint density at radius 2 is 1.66 bits per heavy atom. The van der Waals surface area contributed by atoms with E-state index in [9.17, 15) is 13.2 Å². The number of hydrogen-bond acceptors (Lipinski definition) is 4. The van der Waals surface area contributed by atoms with Crippen molar-refractivity contribution in [3.8, 4) is 0 Å². The Morgan fingerprint density at radius 1 is 1.00 bits per heavy atom. The van der Waals surface area contributed by atoms with Crippen LogP contribution in [0.15, 0.2) is 58.3 Å². The zero-order valence-electron chi connectivity index (χ0n) is 16.1. The van der Waals surface area contributed by atoms with Gasteiger partial charge in [-0.2, -0.15) is 0 Å². The first-order chi connectivity index (χ1) is 13.9. The maximum absolute atomic E-state index is 12.5. The Morgan fingerprint density at radius 3 is 2.31 bits per heavy atom. The molecule has 156 valence electrons. The van der Waals surface area contributed by atoms with Crippen LogP contribution in [-0.4, -0.2) is 26.1 Å². The van der Waals surface area contributed by atoms with Gasteiger partial charge in [0.15, 0.2) is 0 Å². The fourth-order valence-corrected chi connectivity index (χ4v) is 5.52. The summed E-state index contributed by atoms with van der Waals surface area (Å²) in [7, 11) is -3.53. The van der Waals surface area contributed by atoms with Crippen LogP contribution in [0, 0.1) is 0 Å². The van der Waals surface area contributed by atoms with Crippen LogP contribution < -0.4 is 10.0 Å². The Balaban J connectivity index is 1.47. The number of hydrogen-bond donors (Lipinski definition) is 2. The van der Waals surface area contributed by atoms with E-state index in [1.807, 2.05) is 24.3 Å². The molecule has 2 aromatic carbocycles. The predicted octanol–water partition coefficient (Wildman–Crippen LogP) is 5.07. The minimum atomic E-state index is -3.53. The van der Waals surface area contributed by atoms with Gasteiger partial charge in [0.2, 0.25) is 15.9 Å². The van der Waals surface area contributed by atoms with Gasteiger partial charge < -0.3 is 5.32 Å². The first-order valence-electron chi connectivity index (χ1n) is 9.73. The number of amides is 1. The van der Waals surface area contributed by atoms with Gasteiger partial charge in [0, 0.05) is 33.8 Å². The molecule has 1 saturated carbocycles. The van der Waals surface area contributed by atoms with Crippen LogP contribution in [0.3, 0.4) is 0 Å². The summed E-state index contributed by atoms with van der Waals surface area (Å²) in [6, 6.07) is 13.8. The van der Waals surface area contributed by atoms with Crippen molar-refractivity contribution in [3.63, 3.8) is 0 Å². The van der Waals surface area contributed by atoms with Crippen molar-refractivity contribution in [1.29, 1.82) is 0 Å². The Bertz CT molecular complexity index is 910. The summed E-state index contributed by atoms with van der Waals surface area (Å²) in [6.45, 7) is 0. The van der Waals surface area contributed by atoms with Crippen LogP contribution in [0.1, 0.15) is 38.5 Å². The Kier molecular flexibility index (Phi) is 8.00. The number of rotatable bonds is 8. The largest absolute Gasteiger partial charge is 0.326 e. The van der Waals surface area contributed by atoms with Crippen LogP contribution in [0.4, 0.5) is 5.69 Å². The van der Waals surface area contributed by atoms with E-state index in [-0.39, 0.29) is 16.8 Å². The van der Waals surface area contributed by atoms with Crippen molar-refractivity contribution < 1.29 is 13.2 Å². The molecule has 0 atom stereocenters. The number of anilines is 1. The van der Waals surface area contributed by atoms with E-state index in [4.69, 9.17) is 11.6 Å². The first kappa shape index (κ1) is 22.2. The van der Waals surface area contributed by atoms with E-state index in [1.54, 1.807) is 23.9 Å². The lowest BCUT2D eigenvalue weighted by Gasteiger charge is -2.22. The monoisotopic (exact) mass is 452 g/mol. The highest BCUT2D eigenvalue weighted by Crippen LogP contribution is 2.22. The molecule has 2 N–H and O–H groups in total. The van der Waals surface area contributed by atoms with Crippen molar-refractivity contribution in [2.45, 2.75) is 54.4 Å². The lowest BCUT2D eigenvalue weighted by atomic mass is 9.96. The van der Waals surface area contributed by atoms with Crippen molar-refractivity contribution >= 4 is 45.0 Å². The normalized spacial score (nSPS) is 15.2. The highest BCUT2D eigenvalue weighted by atomic mass is 35.5. The second kappa shape index (κ2) is 10.5. The number of thioether (sulfide) groups is 1. The first-order valence-corrected chi connectivity index (χ1v) is 12.6. The summed E-state index contributed by atoms with van der Waals surface area (Å²) >= 11 is 7.44.